The van der Waals surface area contributed by atoms with Crippen molar-refractivity contribution in [1.82, 2.24) is 15.2 Å². The lowest BCUT2D eigenvalue weighted by Crippen LogP contribution is -2.44. The molecule has 3 heterocycles. The summed E-state index contributed by atoms with van der Waals surface area (Å²) < 4.78 is 0. The molecule has 1 aromatic carbocycles. The fourth-order valence-electron chi connectivity index (χ4n) is 4.34. The minimum atomic E-state index is -0.196. The van der Waals surface area contributed by atoms with Crippen molar-refractivity contribution < 1.29 is 9.59 Å². The first kappa shape index (κ1) is 21.3. The Morgan fingerprint density at radius 2 is 1.90 bits per heavy atom. The number of nitrogens with zero attached hydrogens (tertiary/aromatic N) is 3. The second kappa shape index (κ2) is 9.47. The summed E-state index contributed by atoms with van der Waals surface area (Å²) in [7, 11) is 0. The van der Waals surface area contributed by atoms with E-state index in [1.807, 2.05) is 30.0 Å². The van der Waals surface area contributed by atoms with Gasteiger partial charge in [-0.15, -0.1) is 0 Å². The number of benzene rings is 1. The van der Waals surface area contributed by atoms with Gasteiger partial charge >= 0.3 is 0 Å². The number of nitrogens with one attached hydrogen (secondary N) is 2. The first-order valence-electron chi connectivity index (χ1n) is 11.2. The van der Waals surface area contributed by atoms with Crippen LogP contribution in [0, 0.1) is 6.92 Å². The van der Waals surface area contributed by atoms with Crippen LogP contribution in [-0.2, 0) is 0 Å². The van der Waals surface area contributed by atoms with Gasteiger partial charge in [0.05, 0.1) is 11.3 Å². The Morgan fingerprint density at radius 3 is 2.65 bits per heavy atom. The monoisotopic (exact) mass is 421 g/mol. The van der Waals surface area contributed by atoms with E-state index in [4.69, 9.17) is 0 Å². The van der Waals surface area contributed by atoms with E-state index >= 15 is 0 Å². The molecule has 0 radical (unpaired) electrons. The van der Waals surface area contributed by atoms with E-state index in [-0.39, 0.29) is 17.9 Å². The van der Waals surface area contributed by atoms with Crippen molar-refractivity contribution in [2.24, 2.45) is 0 Å². The molecule has 1 atom stereocenters. The number of hydrogen-bond donors (Lipinski definition) is 2. The van der Waals surface area contributed by atoms with E-state index < -0.39 is 0 Å². The number of amides is 2. The first-order valence-corrected chi connectivity index (χ1v) is 11.2. The maximum atomic E-state index is 13.2. The van der Waals surface area contributed by atoms with Crippen LogP contribution >= 0.6 is 0 Å². The number of pyridine rings is 1. The van der Waals surface area contributed by atoms with E-state index in [1.165, 1.54) is 0 Å². The van der Waals surface area contributed by atoms with Crippen molar-refractivity contribution in [2.45, 2.75) is 39.2 Å². The van der Waals surface area contributed by atoms with Gasteiger partial charge in [-0.1, -0.05) is 17.7 Å². The Bertz CT molecular complexity index is 955. The maximum absolute atomic E-state index is 13.2. The van der Waals surface area contributed by atoms with E-state index in [1.54, 1.807) is 18.3 Å². The van der Waals surface area contributed by atoms with Gasteiger partial charge in [-0.05, 0) is 51.3 Å². The summed E-state index contributed by atoms with van der Waals surface area (Å²) in [6.07, 6.45) is 4.86. The van der Waals surface area contributed by atoms with Gasteiger partial charge in [0.1, 0.15) is 0 Å². The average Bonchev–Trinajstić information content (AvgIpc) is 2.79. The Hall–Kier alpha value is -2.93. The zero-order valence-electron chi connectivity index (χ0n) is 18.4. The highest BCUT2D eigenvalue weighted by atomic mass is 16.2. The fourth-order valence-corrected chi connectivity index (χ4v) is 4.34. The van der Waals surface area contributed by atoms with Gasteiger partial charge in [0.15, 0.2) is 5.82 Å². The lowest BCUT2D eigenvalue weighted by atomic mass is 10.0. The number of rotatable bonds is 4. The lowest BCUT2D eigenvalue weighted by molar-refractivity contribution is 0.0635. The van der Waals surface area contributed by atoms with E-state index in [0.29, 0.717) is 22.6 Å². The molecule has 1 unspecified atom stereocenters. The molecule has 0 bridgehead atoms. The summed E-state index contributed by atoms with van der Waals surface area (Å²) in [5.74, 6) is 0.501. The summed E-state index contributed by atoms with van der Waals surface area (Å²) in [5, 5.41) is 6.36. The third-order valence-corrected chi connectivity index (χ3v) is 6.12. The standard InChI is InChI=1S/C24H31N5O2/c1-17-6-5-8-19(14-17)23(30)27-21-15-20(24(31)29-11-4-3-7-18(29)2)16-26-22(21)28-12-9-25-10-13-28/h5-6,8,14-16,18,25H,3-4,7,9-13H2,1-2H3,(H,27,30). The molecule has 2 aliphatic heterocycles. The van der Waals surface area contributed by atoms with Crippen molar-refractivity contribution in [1.29, 1.82) is 0 Å². The number of carbonyl (C=O) groups is 2. The molecule has 7 heteroatoms. The number of piperazine rings is 1. The molecule has 2 fully saturated rings. The van der Waals surface area contributed by atoms with Gasteiger partial charge in [0, 0.05) is 50.5 Å². The van der Waals surface area contributed by atoms with Crippen LogP contribution in [0.2, 0.25) is 0 Å². The molecule has 0 saturated carbocycles. The molecule has 2 aliphatic rings. The summed E-state index contributed by atoms with van der Waals surface area (Å²) in [5.41, 5.74) is 2.72. The average molecular weight is 422 g/mol. The molecule has 0 spiro atoms. The van der Waals surface area contributed by atoms with Crippen LogP contribution in [0.15, 0.2) is 36.5 Å². The quantitative estimate of drug-likeness (QED) is 0.793. The molecule has 4 rings (SSSR count). The van der Waals surface area contributed by atoms with Gasteiger partial charge < -0.3 is 20.4 Å². The van der Waals surface area contributed by atoms with Gasteiger partial charge in [0.25, 0.3) is 11.8 Å². The molecular weight excluding hydrogens is 390 g/mol. The van der Waals surface area contributed by atoms with Crippen molar-refractivity contribution in [3.05, 3.63) is 53.2 Å². The number of anilines is 2. The van der Waals surface area contributed by atoms with Crippen LogP contribution in [0.4, 0.5) is 11.5 Å². The van der Waals surface area contributed by atoms with Crippen molar-refractivity contribution >= 4 is 23.3 Å². The minimum absolute atomic E-state index is 0.0161. The third-order valence-electron chi connectivity index (χ3n) is 6.12. The maximum Gasteiger partial charge on any atom is 0.255 e. The van der Waals surface area contributed by atoms with Crippen LogP contribution in [0.25, 0.3) is 0 Å². The van der Waals surface area contributed by atoms with E-state index in [9.17, 15) is 9.59 Å². The second-order valence-corrected chi connectivity index (χ2v) is 8.50. The number of piperidine rings is 1. The largest absolute Gasteiger partial charge is 0.352 e. The zero-order valence-corrected chi connectivity index (χ0v) is 18.4. The second-order valence-electron chi connectivity index (χ2n) is 8.50. The van der Waals surface area contributed by atoms with Gasteiger partial charge in [-0.2, -0.15) is 0 Å². The highest BCUT2D eigenvalue weighted by Crippen LogP contribution is 2.27. The fraction of sp³-hybridized carbons (Fsp3) is 0.458. The Morgan fingerprint density at radius 1 is 1.10 bits per heavy atom. The minimum Gasteiger partial charge on any atom is -0.352 e. The van der Waals surface area contributed by atoms with Gasteiger partial charge in [0.2, 0.25) is 0 Å². The van der Waals surface area contributed by atoms with Crippen LogP contribution in [0.3, 0.4) is 0 Å². The SMILES string of the molecule is Cc1cccc(C(=O)Nc2cc(C(=O)N3CCCCC3C)cnc2N2CCNCC2)c1. The van der Waals surface area contributed by atoms with Crippen LogP contribution in [0.1, 0.15) is 52.5 Å². The zero-order chi connectivity index (χ0) is 21.8. The number of aryl methyl sites for hydroxylation is 1. The molecule has 2 amide bonds. The highest BCUT2D eigenvalue weighted by molar-refractivity contribution is 6.06. The molecule has 1 aromatic heterocycles. The Kier molecular flexibility index (Phi) is 6.51. The topological polar surface area (TPSA) is 77.6 Å². The predicted molar refractivity (Wildman–Crippen MR) is 123 cm³/mol. The molecule has 0 aliphatic carbocycles. The number of carbonyl (C=O) groups excluding carboxylic acids is 2. The molecule has 7 nitrogen and oxygen atoms in total. The van der Waals surface area contributed by atoms with Crippen molar-refractivity contribution in [2.75, 3.05) is 42.9 Å². The molecule has 2 N–H and O–H groups in total. The Balaban J connectivity index is 1.64. The smallest absolute Gasteiger partial charge is 0.255 e. The Labute approximate surface area is 183 Å². The molecule has 2 aromatic rings. The number of aromatic nitrogens is 1. The van der Waals surface area contributed by atoms with Crippen molar-refractivity contribution in [3.8, 4) is 0 Å². The molecule has 2 saturated heterocycles. The van der Waals surface area contributed by atoms with Crippen LogP contribution < -0.4 is 15.5 Å². The molecular formula is C24H31N5O2. The molecule has 31 heavy (non-hydrogen) atoms. The predicted octanol–water partition coefficient (Wildman–Crippen LogP) is 3.07. The normalized spacial score (nSPS) is 19.2. The summed E-state index contributed by atoms with van der Waals surface area (Å²) in [4.78, 5) is 34.9. The van der Waals surface area contributed by atoms with Crippen LogP contribution in [-0.4, -0.2) is 60.5 Å². The third kappa shape index (κ3) is 4.88. The summed E-state index contributed by atoms with van der Waals surface area (Å²) in [6, 6.07) is 9.50. The number of likely N-dealkylation sites (tertiary alicyclic amines) is 1. The summed E-state index contributed by atoms with van der Waals surface area (Å²) in [6.45, 7) is 8.15. The molecule has 164 valence electrons. The van der Waals surface area contributed by atoms with Crippen molar-refractivity contribution in [3.63, 3.8) is 0 Å². The van der Waals surface area contributed by atoms with Gasteiger partial charge in [-0.3, -0.25) is 9.59 Å². The first-order chi connectivity index (χ1) is 15.0. The highest BCUT2D eigenvalue weighted by Gasteiger charge is 2.26. The lowest BCUT2D eigenvalue weighted by Gasteiger charge is -2.34. The van der Waals surface area contributed by atoms with Gasteiger partial charge in [-0.25, -0.2) is 4.98 Å². The summed E-state index contributed by atoms with van der Waals surface area (Å²) >= 11 is 0. The van der Waals surface area contributed by atoms with E-state index in [0.717, 1.165) is 57.5 Å². The number of hydrogen-bond acceptors (Lipinski definition) is 5. The van der Waals surface area contributed by atoms with Crippen LogP contribution in [0.5, 0.6) is 0 Å². The van der Waals surface area contributed by atoms with E-state index in [2.05, 4.69) is 27.4 Å².